The Hall–Kier alpha value is -4.06. The number of hydrogen-bond acceptors (Lipinski definition) is 4. The highest BCUT2D eigenvalue weighted by Gasteiger charge is 2.18. The summed E-state index contributed by atoms with van der Waals surface area (Å²) in [6.07, 6.45) is 7.78. The number of hydrogen-bond donors (Lipinski definition) is 1. The molecule has 0 aliphatic rings. The lowest BCUT2D eigenvalue weighted by molar-refractivity contribution is 0.102. The van der Waals surface area contributed by atoms with Crippen molar-refractivity contribution in [2.45, 2.75) is 6.42 Å². The summed E-state index contributed by atoms with van der Waals surface area (Å²) in [6.45, 7) is 0. The van der Waals surface area contributed by atoms with Gasteiger partial charge in [0.05, 0.1) is 16.7 Å². The van der Waals surface area contributed by atoms with Gasteiger partial charge in [-0.1, -0.05) is 30.3 Å². The molecular weight excluding hydrogens is 362 g/mol. The van der Waals surface area contributed by atoms with Crippen LogP contribution in [-0.4, -0.2) is 25.3 Å². The van der Waals surface area contributed by atoms with Gasteiger partial charge < -0.3 is 9.72 Å². The van der Waals surface area contributed by atoms with E-state index in [4.69, 9.17) is 0 Å². The second-order valence-corrected chi connectivity index (χ2v) is 6.71. The molecule has 1 amide bonds. The summed E-state index contributed by atoms with van der Waals surface area (Å²) in [5.41, 5.74) is 3.60. The predicted octanol–water partition coefficient (Wildman–Crippen LogP) is 4.12. The fraction of sp³-hybridized carbons (Fsp3) is 0.0435. The molecule has 140 valence electrons. The van der Waals surface area contributed by atoms with Crippen molar-refractivity contribution in [2.75, 3.05) is 5.32 Å². The van der Waals surface area contributed by atoms with Crippen molar-refractivity contribution >= 4 is 28.0 Å². The molecule has 5 rings (SSSR count). The minimum absolute atomic E-state index is 0.260. The Kier molecular flexibility index (Phi) is 4.22. The summed E-state index contributed by atoms with van der Waals surface area (Å²) in [4.78, 5) is 26.3. The van der Waals surface area contributed by atoms with Crippen LogP contribution < -0.4 is 5.32 Å². The smallest absolute Gasteiger partial charge is 0.276 e. The topological polar surface area (TPSA) is 72.2 Å². The van der Waals surface area contributed by atoms with E-state index in [1.807, 2.05) is 77.5 Å². The lowest BCUT2D eigenvalue weighted by atomic mass is 10.2. The van der Waals surface area contributed by atoms with Crippen LogP contribution in [0.2, 0.25) is 0 Å². The molecule has 4 aromatic heterocycles. The summed E-state index contributed by atoms with van der Waals surface area (Å²) in [5.74, 6) is 0.527. The van der Waals surface area contributed by atoms with E-state index in [9.17, 15) is 4.79 Å². The number of para-hydroxylation sites is 1. The van der Waals surface area contributed by atoms with Gasteiger partial charge >= 0.3 is 0 Å². The number of pyridine rings is 3. The summed E-state index contributed by atoms with van der Waals surface area (Å²) in [7, 11) is 0. The Morgan fingerprint density at radius 1 is 0.966 bits per heavy atom. The Morgan fingerprint density at radius 2 is 1.86 bits per heavy atom. The van der Waals surface area contributed by atoms with Gasteiger partial charge in [0, 0.05) is 36.6 Å². The second kappa shape index (κ2) is 7.16. The molecule has 29 heavy (non-hydrogen) atoms. The lowest BCUT2D eigenvalue weighted by Gasteiger charge is -2.07. The minimum atomic E-state index is -0.260. The molecule has 1 N–H and O–H groups in total. The highest BCUT2D eigenvalue weighted by Crippen LogP contribution is 2.23. The van der Waals surface area contributed by atoms with Crippen LogP contribution in [0.15, 0.2) is 85.5 Å². The van der Waals surface area contributed by atoms with Crippen LogP contribution >= 0.6 is 0 Å². The average Bonchev–Trinajstić information content (AvgIpc) is 3.13. The van der Waals surface area contributed by atoms with Gasteiger partial charge in [-0.25, -0.2) is 4.98 Å². The van der Waals surface area contributed by atoms with Crippen LogP contribution in [0, 0.1) is 0 Å². The fourth-order valence-corrected chi connectivity index (χ4v) is 3.47. The lowest BCUT2D eigenvalue weighted by Crippen LogP contribution is -2.13. The van der Waals surface area contributed by atoms with Crippen molar-refractivity contribution in [1.82, 2.24) is 19.4 Å². The van der Waals surface area contributed by atoms with Gasteiger partial charge in [0.1, 0.15) is 5.82 Å². The van der Waals surface area contributed by atoms with Gasteiger partial charge in [-0.2, -0.15) is 0 Å². The van der Waals surface area contributed by atoms with Gasteiger partial charge in [-0.15, -0.1) is 0 Å². The zero-order valence-electron chi connectivity index (χ0n) is 15.5. The number of amides is 1. The Morgan fingerprint density at radius 3 is 2.76 bits per heavy atom. The molecule has 4 heterocycles. The first-order chi connectivity index (χ1) is 14.3. The van der Waals surface area contributed by atoms with E-state index >= 15 is 0 Å². The number of benzene rings is 1. The third kappa shape index (κ3) is 3.21. The van der Waals surface area contributed by atoms with Crippen molar-refractivity contribution in [2.24, 2.45) is 0 Å². The molecule has 0 aliphatic heterocycles. The van der Waals surface area contributed by atoms with E-state index in [2.05, 4.69) is 20.3 Å². The third-order valence-electron chi connectivity index (χ3n) is 4.80. The van der Waals surface area contributed by atoms with Crippen LogP contribution in [0.1, 0.15) is 21.9 Å². The van der Waals surface area contributed by atoms with Gasteiger partial charge in [-0.05, 0) is 35.9 Å². The number of aromatic nitrogens is 4. The van der Waals surface area contributed by atoms with Crippen molar-refractivity contribution in [3.8, 4) is 0 Å². The van der Waals surface area contributed by atoms with E-state index in [1.54, 1.807) is 12.4 Å². The molecule has 1 aromatic carbocycles. The monoisotopic (exact) mass is 379 g/mol. The number of carbonyl (C=O) groups excluding carboxylic acids is 1. The molecule has 0 saturated heterocycles. The largest absolute Gasteiger partial charge is 0.319 e. The highest BCUT2D eigenvalue weighted by molar-refractivity contribution is 6.10. The minimum Gasteiger partial charge on any atom is -0.319 e. The molecule has 0 fully saturated rings. The number of fused-ring (bicyclic) bond motifs is 2. The van der Waals surface area contributed by atoms with Gasteiger partial charge in [0.2, 0.25) is 0 Å². The summed E-state index contributed by atoms with van der Waals surface area (Å²) >= 11 is 0. The first-order valence-electron chi connectivity index (χ1n) is 9.29. The fourth-order valence-electron chi connectivity index (χ4n) is 3.47. The van der Waals surface area contributed by atoms with Gasteiger partial charge in [-0.3, -0.25) is 14.8 Å². The summed E-state index contributed by atoms with van der Waals surface area (Å²) in [5, 5.41) is 3.95. The zero-order chi connectivity index (χ0) is 19.6. The number of imidazole rings is 1. The highest BCUT2D eigenvalue weighted by atomic mass is 16.1. The van der Waals surface area contributed by atoms with Gasteiger partial charge in [0.25, 0.3) is 5.91 Å². The number of nitrogens with one attached hydrogen (secondary N) is 1. The number of nitrogens with zero attached hydrogens (tertiary/aromatic N) is 4. The molecular formula is C23H17N5O. The second-order valence-electron chi connectivity index (χ2n) is 6.71. The Balaban J connectivity index is 1.53. The maximum Gasteiger partial charge on any atom is 0.276 e. The van der Waals surface area contributed by atoms with Crippen LogP contribution in [0.4, 0.5) is 5.69 Å². The molecule has 0 unspecified atom stereocenters. The van der Waals surface area contributed by atoms with Crippen molar-refractivity contribution in [3.63, 3.8) is 0 Å². The zero-order valence-corrected chi connectivity index (χ0v) is 15.5. The molecule has 5 aromatic rings. The molecule has 6 nitrogen and oxygen atoms in total. The molecule has 0 radical (unpaired) electrons. The quantitative estimate of drug-likeness (QED) is 0.510. The van der Waals surface area contributed by atoms with Crippen LogP contribution in [-0.2, 0) is 6.42 Å². The maximum atomic E-state index is 13.1. The first kappa shape index (κ1) is 17.1. The van der Waals surface area contributed by atoms with Crippen molar-refractivity contribution < 1.29 is 4.79 Å². The van der Waals surface area contributed by atoms with E-state index in [0.29, 0.717) is 17.8 Å². The predicted molar refractivity (Wildman–Crippen MR) is 112 cm³/mol. The molecule has 6 heteroatoms. The summed E-state index contributed by atoms with van der Waals surface area (Å²) in [6, 6.07) is 19.2. The normalized spacial score (nSPS) is 11.0. The Labute approximate surface area is 166 Å². The van der Waals surface area contributed by atoms with E-state index < -0.39 is 0 Å². The third-order valence-corrected chi connectivity index (χ3v) is 4.80. The average molecular weight is 379 g/mol. The standard InChI is InChI=1S/C23H17N5O/c29-23(26-18-9-3-7-17-8-5-12-25-21(17)18)22-19-10-1-2-13-28(19)20(27-22)14-16-6-4-11-24-15-16/h1-13,15H,14H2,(H,26,29). The molecule has 0 atom stereocenters. The number of rotatable bonds is 4. The van der Waals surface area contributed by atoms with Crippen LogP contribution in [0.25, 0.3) is 16.4 Å². The van der Waals surface area contributed by atoms with Crippen molar-refractivity contribution in [3.05, 3.63) is 103 Å². The Bertz CT molecular complexity index is 1320. The molecule has 0 bridgehead atoms. The SMILES string of the molecule is O=C(Nc1cccc2cccnc12)c1nc(Cc2cccnc2)n2ccccc12. The number of anilines is 1. The van der Waals surface area contributed by atoms with E-state index in [-0.39, 0.29) is 5.91 Å². The van der Waals surface area contributed by atoms with Gasteiger partial charge in [0.15, 0.2) is 5.69 Å². The first-order valence-corrected chi connectivity index (χ1v) is 9.29. The summed E-state index contributed by atoms with van der Waals surface area (Å²) < 4.78 is 1.95. The van der Waals surface area contributed by atoms with Crippen LogP contribution in [0.3, 0.4) is 0 Å². The number of carbonyl (C=O) groups is 1. The maximum absolute atomic E-state index is 13.1. The van der Waals surface area contributed by atoms with E-state index in [0.717, 1.165) is 27.8 Å². The van der Waals surface area contributed by atoms with Crippen LogP contribution in [0.5, 0.6) is 0 Å². The molecule has 0 saturated carbocycles. The molecule has 0 aliphatic carbocycles. The van der Waals surface area contributed by atoms with E-state index in [1.165, 1.54) is 0 Å². The van der Waals surface area contributed by atoms with Crippen molar-refractivity contribution in [1.29, 1.82) is 0 Å². The molecule has 0 spiro atoms.